The van der Waals surface area contributed by atoms with Crippen molar-refractivity contribution < 1.29 is 18.8 Å². The van der Waals surface area contributed by atoms with E-state index in [-0.39, 0.29) is 23.2 Å². The molecule has 20 heavy (non-hydrogen) atoms. The van der Waals surface area contributed by atoms with Crippen LogP contribution in [0.2, 0.25) is 0 Å². The average molecular weight is 278 g/mol. The number of aromatic nitrogens is 1. The zero-order valence-corrected chi connectivity index (χ0v) is 12.0. The number of ether oxygens (including phenoxy) is 1. The van der Waals surface area contributed by atoms with Crippen LogP contribution in [-0.4, -0.2) is 43.0 Å². The fraction of sp³-hybridized carbons (Fsp3) is 0.500. The highest BCUT2D eigenvalue weighted by Crippen LogP contribution is 2.48. The number of methoxy groups -OCH3 is 1. The van der Waals surface area contributed by atoms with Gasteiger partial charge in [-0.1, -0.05) is 5.16 Å². The largest absolute Gasteiger partial charge is 0.465 e. The van der Waals surface area contributed by atoms with Crippen LogP contribution in [0, 0.1) is 12.8 Å². The normalized spacial score (nSPS) is 21.5. The summed E-state index contributed by atoms with van der Waals surface area (Å²) < 4.78 is 9.68. The molecule has 0 radical (unpaired) electrons. The number of ketones is 1. The maximum atomic E-state index is 12.4. The van der Waals surface area contributed by atoms with Crippen LogP contribution in [0.3, 0.4) is 0 Å². The molecule has 6 nitrogen and oxygen atoms in total. The number of carbonyl (C=O) groups is 2. The van der Waals surface area contributed by atoms with Gasteiger partial charge in [0.25, 0.3) is 0 Å². The molecular formula is C14H18N2O4. The van der Waals surface area contributed by atoms with E-state index in [0.717, 1.165) is 11.5 Å². The van der Waals surface area contributed by atoms with Crippen LogP contribution < -0.4 is 0 Å². The number of Topliss-reactive ketones (excluding diaryl/α,β-unsaturated/α-hetero) is 1. The summed E-state index contributed by atoms with van der Waals surface area (Å²) in [5, 5.41) is 3.92. The third kappa shape index (κ3) is 2.89. The number of esters is 1. The Labute approximate surface area is 117 Å². The molecule has 6 heteroatoms. The zero-order valence-electron chi connectivity index (χ0n) is 12.0. The third-order valence-corrected chi connectivity index (χ3v) is 3.21. The fourth-order valence-corrected chi connectivity index (χ4v) is 2.16. The molecule has 0 saturated heterocycles. The van der Waals surface area contributed by atoms with Crippen molar-refractivity contribution in [3.63, 3.8) is 0 Å². The van der Waals surface area contributed by atoms with Crippen LogP contribution >= 0.6 is 0 Å². The summed E-state index contributed by atoms with van der Waals surface area (Å²) in [6.45, 7) is 1.81. The molecule has 1 aromatic rings. The lowest BCUT2D eigenvalue weighted by Crippen LogP contribution is -2.19. The highest BCUT2D eigenvalue weighted by atomic mass is 16.5. The molecule has 0 amide bonds. The molecule has 1 aromatic heterocycles. The van der Waals surface area contributed by atoms with E-state index in [1.165, 1.54) is 13.3 Å². The van der Waals surface area contributed by atoms with E-state index in [1.807, 2.05) is 13.0 Å². The second-order valence-electron chi connectivity index (χ2n) is 5.17. The van der Waals surface area contributed by atoms with Crippen molar-refractivity contribution in [2.75, 3.05) is 21.2 Å². The molecule has 0 bridgehead atoms. The predicted octanol–water partition coefficient (Wildman–Crippen LogP) is 1.27. The number of nitrogens with zero attached hydrogens (tertiary/aromatic N) is 2. The van der Waals surface area contributed by atoms with E-state index in [0.29, 0.717) is 6.42 Å². The van der Waals surface area contributed by atoms with Gasteiger partial charge in [-0.25, -0.2) is 4.79 Å². The number of hydrogen-bond donors (Lipinski definition) is 0. The van der Waals surface area contributed by atoms with Crippen LogP contribution in [0.1, 0.15) is 23.8 Å². The van der Waals surface area contributed by atoms with E-state index >= 15 is 0 Å². The van der Waals surface area contributed by atoms with Gasteiger partial charge in [-0.3, -0.25) is 4.79 Å². The molecule has 1 heterocycles. The Morgan fingerprint density at radius 1 is 1.50 bits per heavy atom. The standard InChI is InChI=1S/C14H18N2O4/c1-8-5-12(15-20-8)9-6-10(9)13(17)11(7-16(2)3)14(18)19-4/h5,7,9-10H,6H2,1-4H3. The Balaban J connectivity index is 2.13. The summed E-state index contributed by atoms with van der Waals surface area (Å²) in [4.78, 5) is 25.7. The molecule has 1 saturated carbocycles. The Kier molecular flexibility index (Phi) is 3.92. The average Bonchev–Trinajstić information content (AvgIpc) is 3.09. The Bertz CT molecular complexity index is 559. The van der Waals surface area contributed by atoms with Gasteiger partial charge in [0.05, 0.1) is 12.8 Å². The number of hydrogen-bond acceptors (Lipinski definition) is 6. The van der Waals surface area contributed by atoms with Gasteiger partial charge >= 0.3 is 5.97 Å². The summed E-state index contributed by atoms with van der Waals surface area (Å²) >= 11 is 0. The number of rotatable bonds is 5. The van der Waals surface area contributed by atoms with Gasteiger partial charge in [-0.2, -0.15) is 0 Å². The lowest BCUT2D eigenvalue weighted by Gasteiger charge is -2.09. The molecule has 1 aliphatic carbocycles. The van der Waals surface area contributed by atoms with Crippen LogP contribution in [0.25, 0.3) is 0 Å². The number of carbonyl (C=O) groups excluding carboxylic acids is 2. The first-order valence-corrected chi connectivity index (χ1v) is 6.38. The zero-order chi connectivity index (χ0) is 14.9. The molecule has 2 unspecified atom stereocenters. The van der Waals surface area contributed by atoms with Gasteiger partial charge < -0.3 is 14.2 Å². The van der Waals surface area contributed by atoms with E-state index in [2.05, 4.69) is 9.89 Å². The first-order valence-electron chi connectivity index (χ1n) is 6.38. The molecule has 0 aromatic carbocycles. The topological polar surface area (TPSA) is 72.6 Å². The van der Waals surface area contributed by atoms with Crippen molar-refractivity contribution in [3.8, 4) is 0 Å². The Morgan fingerprint density at radius 2 is 2.20 bits per heavy atom. The van der Waals surface area contributed by atoms with Crippen molar-refractivity contribution in [3.05, 3.63) is 29.3 Å². The fourth-order valence-electron chi connectivity index (χ4n) is 2.16. The predicted molar refractivity (Wildman–Crippen MR) is 70.9 cm³/mol. The van der Waals surface area contributed by atoms with E-state index < -0.39 is 5.97 Å². The molecule has 1 aliphatic rings. The van der Waals surface area contributed by atoms with Crippen molar-refractivity contribution in [1.29, 1.82) is 0 Å². The minimum atomic E-state index is -0.606. The van der Waals surface area contributed by atoms with Gasteiger partial charge in [0, 0.05) is 38.2 Å². The first-order chi connectivity index (χ1) is 9.43. The maximum absolute atomic E-state index is 12.4. The molecule has 1 fully saturated rings. The molecule has 2 atom stereocenters. The van der Waals surface area contributed by atoms with E-state index in [4.69, 9.17) is 4.52 Å². The summed E-state index contributed by atoms with van der Waals surface area (Å²) in [5.74, 6) is -0.267. The van der Waals surface area contributed by atoms with E-state index in [9.17, 15) is 9.59 Å². The minimum Gasteiger partial charge on any atom is -0.465 e. The van der Waals surface area contributed by atoms with E-state index in [1.54, 1.807) is 19.0 Å². The van der Waals surface area contributed by atoms with Gasteiger partial charge in [-0.15, -0.1) is 0 Å². The van der Waals surface area contributed by atoms with Crippen LogP contribution in [0.15, 0.2) is 22.4 Å². The quantitative estimate of drug-likeness (QED) is 0.349. The highest BCUT2D eigenvalue weighted by molar-refractivity contribution is 6.19. The second kappa shape index (κ2) is 5.48. The summed E-state index contributed by atoms with van der Waals surface area (Å²) in [6, 6.07) is 1.82. The summed E-state index contributed by atoms with van der Waals surface area (Å²) in [7, 11) is 4.77. The van der Waals surface area contributed by atoms with Crippen LogP contribution in [0.4, 0.5) is 0 Å². The van der Waals surface area contributed by atoms with Gasteiger partial charge in [0.15, 0.2) is 5.78 Å². The van der Waals surface area contributed by atoms with Crippen molar-refractivity contribution in [1.82, 2.24) is 10.1 Å². The molecule has 108 valence electrons. The minimum absolute atomic E-state index is 0.0372. The maximum Gasteiger partial charge on any atom is 0.342 e. The summed E-state index contributed by atoms with van der Waals surface area (Å²) in [6.07, 6.45) is 2.18. The third-order valence-electron chi connectivity index (χ3n) is 3.21. The lowest BCUT2D eigenvalue weighted by atomic mass is 10.1. The summed E-state index contributed by atoms with van der Waals surface area (Å²) in [5.41, 5.74) is 0.847. The van der Waals surface area contributed by atoms with Crippen molar-refractivity contribution >= 4 is 11.8 Å². The van der Waals surface area contributed by atoms with Gasteiger partial charge in [0.1, 0.15) is 11.3 Å². The second-order valence-corrected chi connectivity index (χ2v) is 5.17. The highest BCUT2D eigenvalue weighted by Gasteiger charge is 2.47. The monoisotopic (exact) mass is 278 g/mol. The first kappa shape index (κ1) is 14.3. The molecule has 2 rings (SSSR count). The SMILES string of the molecule is COC(=O)C(=CN(C)C)C(=O)C1CC1c1cc(C)on1. The van der Waals surface area contributed by atoms with Crippen LogP contribution in [0.5, 0.6) is 0 Å². The molecule has 0 N–H and O–H groups in total. The lowest BCUT2D eigenvalue weighted by molar-refractivity contribution is -0.138. The van der Waals surface area contributed by atoms with Crippen LogP contribution in [-0.2, 0) is 14.3 Å². The molecule has 0 spiro atoms. The molecule has 0 aliphatic heterocycles. The Hall–Kier alpha value is -2.11. The van der Waals surface area contributed by atoms with Gasteiger partial charge in [-0.05, 0) is 13.3 Å². The van der Waals surface area contributed by atoms with Crippen molar-refractivity contribution in [2.45, 2.75) is 19.3 Å². The van der Waals surface area contributed by atoms with Crippen molar-refractivity contribution in [2.24, 2.45) is 5.92 Å². The number of aryl methyl sites for hydroxylation is 1. The Morgan fingerprint density at radius 3 is 2.70 bits per heavy atom. The smallest absolute Gasteiger partial charge is 0.342 e. The molecular weight excluding hydrogens is 260 g/mol. The van der Waals surface area contributed by atoms with Gasteiger partial charge in [0.2, 0.25) is 0 Å².